The van der Waals surface area contributed by atoms with Gasteiger partial charge < -0.3 is 19.6 Å². The summed E-state index contributed by atoms with van der Waals surface area (Å²) in [4.78, 5) is 29.0. The van der Waals surface area contributed by atoms with Crippen molar-refractivity contribution in [3.63, 3.8) is 0 Å². The first-order valence-electron chi connectivity index (χ1n) is 9.37. The second-order valence-electron chi connectivity index (χ2n) is 5.62. The molecule has 0 aliphatic carbocycles. The van der Waals surface area contributed by atoms with E-state index in [1.165, 1.54) is 6.20 Å². The Hall–Kier alpha value is -2.62. The summed E-state index contributed by atoms with van der Waals surface area (Å²) in [6, 6.07) is -0.607. The normalized spacial score (nSPS) is 25.9. The molecule has 1 aliphatic rings. The molecular weight excluding hydrogens is 292 g/mol. The Morgan fingerprint density at radius 3 is 3.30 bits per heavy atom. The Balaban J connectivity index is 2.07. The van der Waals surface area contributed by atoms with Crippen LogP contribution in [0.2, 0.25) is 0 Å². The van der Waals surface area contributed by atoms with E-state index in [0.717, 1.165) is 4.90 Å². The first-order valence-corrected chi connectivity index (χ1v) is 7.37. The molecule has 0 spiro atoms. The third-order valence-corrected chi connectivity index (χ3v) is 4.11. The molecule has 0 unspecified atom stereocenters. The number of hydrogen-bond acceptors (Lipinski definition) is 4. The maximum absolute atomic E-state index is 12.3. The van der Waals surface area contributed by atoms with E-state index in [1.807, 2.05) is 6.92 Å². The van der Waals surface area contributed by atoms with Gasteiger partial charge in [-0.25, -0.2) is 16.5 Å². The number of likely N-dealkylation sites (tertiary alicyclic amines) is 1. The molecule has 7 nitrogen and oxygen atoms in total. The highest BCUT2D eigenvalue weighted by Gasteiger charge is 2.33. The number of carbonyl (C=O) groups excluding carboxylic acids is 1. The number of carbonyl (C=O) groups is 1. The summed E-state index contributed by atoms with van der Waals surface area (Å²) >= 11 is 0. The van der Waals surface area contributed by atoms with E-state index in [1.54, 1.807) is 11.9 Å². The summed E-state index contributed by atoms with van der Waals surface area (Å²) in [6.45, 7) is 6.60. The number of anilines is 1. The van der Waals surface area contributed by atoms with Crippen molar-refractivity contribution in [1.29, 1.82) is 0 Å². The van der Waals surface area contributed by atoms with Crippen molar-refractivity contribution in [2.75, 3.05) is 31.5 Å². The molecule has 0 bridgehead atoms. The number of amides is 1. The number of nitrogens with zero attached hydrogens (tertiary/aromatic N) is 5. The fourth-order valence-corrected chi connectivity index (χ4v) is 2.80. The minimum atomic E-state index is -2.04. The van der Waals surface area contributed by atoms with E-state index in [0.29, 0.717) is 17.5 Å². The third kappa shape index (κ3) is 2.84. The minimum Gasteiger partial charge on any atom is -0.354 e. The molecule has 120 valence electrons. The van der Waals surface area contributed by atoms with Crippen molar-refractivity contribution in [2.24, 2.45) is 5.92 Å². The van der Waals surface area contributed by atoms with Gasteiger partial charge >= 0.3 is 5.91 Å². The SMILES string of the molecule is [2H]c1nc(N(C)[C@@H]2[C@H](C)CCN(C(=O)C[N+]#[C-])C2([2H])[2H])c2c([2H])c[nH]c2n1. The monoisotopic (exact) mass is 316 g/mol. The molecule has 2 aromatic heterocycles. The Kier molecular flexibility index (Phi) is 2.99. The Morgan fingerprint density at radius 1 is 1.70 bits per heavy atom. The molecule has 3 rings (SSSR count). The maximum atomic E-state index is 12.3. The number of fused-ring (bicyclic) bond motifs is 1. The summed E-state index contributed by atoms with van der Waals surface area (Å²) in [5, 5.41) is 0.404. The number of aromatic amines is 1. The van der Waals surface area contributed by atoms with Gasteiger partial charge in [0.25, 0.3) is 6.54 Å². The smallest absolute Gasteiger partial charge is 0.302 e. The molecule has 2 aromatic rings. The third-order valence-electron chi connectivity index (χ3n) is 4.11. The Labute approximate surface area is 140 Å². The molecular formula is C16H20N6O. The van der Waals surface area contributed by atoms with E-state index in [2.05, 4.69) is 19.8 Å². The van der Waals surface area contributed by atoms with Crippen molar-refractivity contribution in [1.82, 2.24) is 19.9 Å². The van der Waals surface area contributed by atoms with Crippen LogP contribution in [0.5, 0.6) is 0 Å². The lowest BCUT2D eigenvalue weighted by Crippen LogP contribution is -2.53. The molecule has 1 N–H and O–H groups in total. The molecule has 23 heavy (non-hydrogen) atoms. The van der Waals surface area contributed by atoms with Crippen molar-refractivity contribution in [2.45, 2.75) is 19.4 Å². The molecule has 1 saturated heterocycles. The molecule has 0 saturated carbocycles. The van der Waals surface area contributed by atoms with Crippen molar-refractivity contribution < 1.29 is 10.3 Å². The van der Waals surface area contributed by atoms with Crippen LogP contribution in [-0.2, 0) is 4.79 Å². The second kappa shape index (κ2) is 6.24. The van der Waals surface area contributed by atoms with Crippen LogP contribution in [0.15, 0.2) is 18.5 Å². The molecule has 3 heterocycles. The highest BCUT2D eigenvalue weighted by atomic mass is 16.2. The van der Waals surface area contributed by atoms with Crippen LogP contribution in [0.25, 0.3) is 15.9 Å². The van der Waals surface area contributed by atoms with E-state index in [9.17, 15) is 4.79 Å². The van der Waals surface area contributed by atoms with Crippen LogP contribution in [0, 0.1) is 12.5 Å². The summed E-state index contributed by atoms with van der Waals surface area (Å²) in [5.41, 5.74) is 0.340. The zero-order valence-electron chi connectivity index (χ0n) is 17.0. The molecule has 1 aliphatic heterocycles. The van der Waals surface area contributed by atoms with Crippen LogP contribution in [0.3, 0.4) is 0 Å². The summed E-state index contributed by atoms with van der Waals surface area (Å²) in [6.07, 6.45) is 1.78. The van der Waals surface area contributed by atoms with Crippen LogP contribution in [0.1, 0.15) is 18.8 Å². The number of likely N-dealkylation sites (N-methyl/N-ethyl adjacent to an activating group) is 1. The van der Waals surface area contributed by atoms with Gasteiger partial charge in [-0.2, -0.15) is 0 Å². The lowest BCUT2D eigenvalue weighted by atomic mass is 9.92. The van der Waals surface area contributed by atoms with Gasteiger partial charge in [-0.05, 0) is 18.4 Å². The highest BCUT2D eigenvalue weighted by molar-refractivity contribution is 5.87. The van der Waals surface area contributed by atoms with Crippen LogP contribution < -0.4 is 4.90 Å². The quantitative estimate of drug-likeness (QED) is 0.872. The molecule has 1 fully saturated rings. The number of hydrogen-bond donors (Lipinski definition) is 1. The van der Waals surface area contributed by atoms with Gasteiger partial charge in [-0.3, -0.25) is 4.79 Å². The highest BCUT2D eigenvalue weighted by Crippen LogP contribution is 2.28. The average Bonchev–Trinajstić information content (AvgIpc) is 2.94. The van der Waals surface area contributed by atoms with Crippen LogP contribution >= 0.6 is 0 Å². The number of H-pyrrole nitrogens is 1. The van der Waals surface area contributed by atoms with E-state index in [-0.39, 0.29) is 30.6 Å². The van der Waals surface area contributed by atoms with Crippen molar-refractivity contribution in [3.8, 4) is 0 Å². The number of aromatic nitrogens is 3. The molecule has 7 heteroatoms. The van der Waals surface area contributed by atoms with Gasteiger partial charge in [0.1, 0.15) is 19.1 Å². The lowest BCUT2D eigenvalue weighted by Gasteiger charge is -2.41. The van der Waals surface area contributed by atoms with Gasteiger partial charge in [0.2, 0.25) is 0 Å². The fraction of sp³-hybridized carbons (Fsp3) is 0.500. The second-order valence-corrected chi connectivity index (χ2v) is 5.62. The predicted molar refractivity (Wildman–Crippen MR) is 87.9 cm³/mol. The van der Waals surface area contributed by atoms with E-state index in [4.69, 9.17) is 12.1 Å². The van der Waals surface area contributed by atoms with Crippen LogP contribution in [0.4, 0.5) is 5.82 Å². The zero-order valence-corrected chi connectivity index (χ0v) is 13.0. The topological polar surface area (TPSA) is 69.5 Å². The maximum Gasteiger partial charge on any atom is 0.302 e. The van der Waals surface area contributed by atoms with Gasteiger partial charge in [-0.1, -0.05) is 6.92 Å². The minimum absolute atomic E-state index is 0.116. The molecule has 0 radical (unpaired) electrons. The Bertz CT molecular complexity index is 924. The average molecular weight is 316 g/mol. The first-order chi connectivity index (χ1) is 12.7. The van der Waals surface area contributed by atoms with Gasteiger partial charge in [0, 0.05) is 26.3 Å². The largest absolute Gasteiger partial charge is 0.354 e. The first kappa shape index (κ1) is 11.0. The molecule has 1 amide bonds. The van der Waals surface area contributed by atoms with Crippen LogP contribution in [-0.4, -0.2) is 58.4 Å². The summed E-state index contributed by atoms with van der Waals surface area (Å²) in [7, 11) is 1.65. The predicted octanol–water partition coefficient (Wildman–Crippen LogP) is 1.55. The van der Waals surface area contributed by atoms with Gasteiger partial charge in [-0.15, -0.1) is 0 Å². The number of nitrogens with one attached hydrogen (secondary N) is 1. The molecule has 0 aromatic carbocycles. The standard InChI is InChI=1S/C16H20N6O/c1-11-5-7-22(14(23)8-17-2)9-13(11)21(3)16-12-4-6-18-15(12)19-10-20-16/h4,6,10-11,13H,5,7-9H2,1,3H3,(H,18,19,20)/t11-,13+/m1/s1/i4D,9D2,10D. The molecule has 2 atom stereocenters. The van der Waals surface area contributed by atoms with E-state index >= 15 is 0 Å². The fourth-order valence-electron chi connectivity index (χ4n) is 2.80. The van der Waals surface area contributed by atoms with Gasteiger partial charge in [0.05, 0.1) is 15.5 Å². The summed E-state index contributed by atoms with van der Waals surface area (Å²) in [5.74, 6) is -0.386. The lowest BCUT2D eigenvalue weighted by molar-refractivity contribution is -0.130. The Morgan fingerprint density at radius 2 is 2.52 bits per heavy atom. The van der Waals surface area contributed by atoms with Crippen molar-refractivity contribution >= 4 is 22.8 Å². The number of piperidine rings is 1. The van der Waals surface area contributed by atoms with Crippen molar-refractivity contribution in [3.05, 3.63) is 30.0 Å². The summed E-state index contributed by atoms with van der Waals surface area (Å²) < 4.78 is 33.1. The number of rotatable bonds is 3. The van der Waals surface area contributed by atoms with Gasteiger partial charge in [0.15, 0.2) is 0 Å². The zero-order chi connectivity index (χ0) is 19.9. The van der Waals surface area contributed by atoms with E-state index < -0.39 is 25.0 Å².